The lowest BCUT2D eigenvalue weighted by Gasteiger charge is -2.21. The molecule has 0 unspecified atom stereocenters. The molecule has 0 aliphatic rings. The maximum atomic E-state index is 12.7. The summed E-state index contributed by atoms with van der Waals surface area (Å²) in [5, 5.41) is 13.4. The van der Waals surface area contributed by atoms with E-state index in [4.69, 9.17) is 11.6 Å². The highest BCUT2D eigenvalue weighted by Crippen LogP contribution is 2.28. The first-order valence-electron chi connectivity index (χ1n) is 8.92. The van der Waals surface area contributed by atoms with Gasteiger partial charge in [-0.3, -0.25) is 19.7 Å². The quantitative estimate of drug-likeness (QED) is 0.467. The third kappa shape index (κ3) is 6.23. The predicted molar refractivity (Wildman–Crippen MR) is 115 cm³/mol. The minimum atomic E-state index is -4.20. The van der Waals surface area contributed by atoms with Crippen molar-refractivity contribution in [2.45, 2.75) is 11.8 Å². The highest BCUT2D eigenvalue weighted by Gasteiger charge is 2.27. The molecule has 10 nitrogen and oxygen atoms in total. The molecule has 0 radical (unpaired) electrons. The highest BCUT2D eigenvalue weighted by atomic mass is 35.5. The van der Waals surface area contributed by atoms with Gasteiger partial charge in [-0.2, -0.15) is 4.31 Å². The van der Waals surface area contributed by atoms with Crippen LogP contribution >= 0.6 is 11.6 Å². The second kappa shape index (κ2) is 9.86. The van der Waals surface area contributed by atoms with Crippen molar-refractivity contribution in [1.82, 2.24) is 9.21 Å². The number of anilines is 1. The number of nitrogens with zero attached hydrogens (tertiary/aromatic N) is 3. The average molecular weight is 469 g/mol. The number of amides is 2. The minimum absolute atomic E-state index is 0.206. The molecule has 0 bridgehead atoms. The molecule has 1 N–H and O–H groups in total. The van der Waals surface area contributed by atoms with E-state index < -0.39 is 39.0 Å². The summed E-state index contributed by atoms with van der Waals surface area (Å²) in [5.74, 6) is -1.08. The van der Waals surface area contributed by atoms with Crippen LogP contribution < -0.4 is 5.32 Å². The molecule has 0 fully saturated rings. The van der Waals surface area contributed by atoms with Crippen molar-refractivity contribution in [3.8, 4) is 0 Å². The Morgan fingerprint density at radius 2 is 1.71 bits per heavy atom. The van der Waals surface area contributed by atoms with Gasteiger partial charge in [-0.25, -0.2) is 8.42 Å². The molecular formula is C19H21ClN4O6S. The Bertz CT molecular complexity index is 1100. The van der Waals surface area contributed by atoms with Gasteiger partial charge in [0.15, 0.2) is 0 Å². The van der Waals surface area contributed by atoms with Crippen LogP contribution in [0.2, 0.25) is 5.02 Å². The van der Waals surface area contributed by atoms with Crippen molar-refractivity contribution in [3.63, 3.8) is 0 Å². The fraction of sp³-hybridized carbons (Fsp3) is 0.263. The van der Waals surface area contributed by atoms with E-state index in [-0.39, 0.29) is 16.5 Å². The number of rotatable bonds is 8. The molecule has 0 aromatic heterocycles. The van der Waals surface area contributed by atoms with E-state index in [0.29, 0.717) is 5.69 Å². The van der Waals surface area contributed by atoms with Crippen molar-refractivity contribution in [2.75, 3.05) is 32.5 Å². The predicted octanol–water partition coefficient (Wildman–Crippen LogP) is 2.27. The van der Waals surface area contributed by atoms with Crippen LogP contribution in [0.5, 0.6) is 0 Å². The van der Waals surface area contributed by atoms with Crippen molar-refractivity contribution in [3.05, 3.63) is 63.2 Å². The topological polar surface area (TPSA) is 130 Å². The van der Waals surface area contributed by atoms with E-state index in [1.807, 2.05) is 19.1 Å². The smallest absolute Gasteiger partial charge is 0.289 e. The normalized spacial score (nSPS) is 11.3. The van der Waals surface area contributed by atoms with Crippen molar-refractivity contribution in [2.24, 2.45) is 0 Å². The second-order valence-corrected chi connectivity index (χ2v) is 9.25. The number of hydrogen-bond donors (Lipinski definition) is 1. The van der Waals surface area contributed by atoms with Gasteiger partial charge in [-0.05, 0) is 31.2 Å². The summed E-state index contributed by atoms with van der Waals surface area (Å²) in [6, 6.07) is 10.1. The lowest BCUT2D eigenvalue weighted by Crippen LogP contribution is -2.42. The molecule has 0 aliphatic carbocycles. The van der Waals surface area contributed by atoms with E-state index in [9.17, 15) is 28.1 Å². The van der Waals surface area contributed by atoms with Crippen LogP contribution in [0.15, 0.2) is 47.4 Å². The van der Waals surface area contributed by atoms with E-state index in [1.54, 1.807) is 12.1 Å². The van der Waals surface area contributed by atoms with Crippen LogP contribution in [0.3, 0.4) is 0 Å². The Labute approximate surface area is 184 Å². The molecule has 0 aliphatic heterocycles. The fourth-order valence-electron chi connectivity index (χ4n) is 2.51. The highest BCUT2D eigenvalue weighted by molar-refractivity contribution is 7.89. The number of carbonyl (C=O) groups is 2. The lowest BCUT2D eigenvalue weighted by molar-refractivity contribution is -0.384. The first-order valence-corrected chi connectivity index (χ1v) is 10.7. The van der Waals surface area contributed by atoms with E-state index in [2.05, 4.69) is 5.32 Å². The summed E-state index contributed by atoms with van der Waals surface area (Å²) >= 11 is 5.71. The number of aryl methyl sites for hydroxylation is 1. The zero-order valence-electron chi connectivity index (χ0n) is 17.0. The summed E-state index contributed by atoms with van der Waals surface area (Å²) in [6.45, 7) is 1.06. The molecule has 2 amide bonds. The van der Waals surface area contributed by atoms with E-state index in [1.165, 1.54) is 7.05 Å². The maximum absolute atomic E-state index is 12.7. The Hall–Kier alpha value is -3.02. The molecule has 2 aromatic carbocycles. The Morgan fingerprint density at radius 1 is 1.10 bits per heavy atom. The van der Waals surface area contributed by atoms with Gasteiger partial charge in [0.25, 0.3) is 5.69 Å². The number of hydrogen-bond acceptors (Lipinski definition) is 6. The van der Waals surface area contributed by atoms with Crippen molar-refractivity contribution < 1.29 is 22.9 Å². The van der Waals surface area contributed by atoms with Crippen molar-refractivity contribution in [1.29, 1.82) is 0 Å². The third-order valence-electron chi connectivity index (χ3n) is 4.32. The maximum Gasteiger partial charge on any atom is 0.289 e. The third-order valence-corrected chi connectivity index (χ3v) is 6.44. The Balaban J connectivity index is 2.03. The van der Waals surface area contributed by atoms with Gasteiger partial charge >= 0.3 is 0 Å². The molecule has 12 heteroatoms. The van der Waals surface area contributed by atoms with E-state index >= 15 is 0 Å². The minimum Gasteiger partial charge on any atom is -0.335 e. The number of nitro benzene ring substituents is 1. The molecule has 31 heavy (non-hydrogen) atoms. The van der Waals surface area contributed by atoms with Crippen LogP contribution in [0.1, 0.15) is 5.56 Å². The van der Waals surface area contributed by atoms with Gasteiger partial charge in [0.1, 0.15) is 5.02 Å². The van der Waals surface area contributed by atoms with Gasteiger partial charge in [0.2, 0.25) is 21.8 Å². The zero-order valence-corrected chi connectivity index (χ0v) is 18.6. The number of nitrogens with one attached hydrogen (secondary N) is 1. The largest absolute Gasteiger partial charge is 0.335 e. The SMILES string of the molecule is Cc1ccc(NC(=O)CN(C)C(=O)CN(C)S(=O)(=O)c2ccc(Cl)c([N+](=O)[O-])c2)cc1. The van der Waals surface area contributed by atoms with Gasteiger partial charge in [-0.15, -0.1) is 0 Å². The Morgan fingerprint density at radius 3 is 2.29 bits per heavy atom. The second-order valence-electron chi connectivity index (χ2n) is 6.80. The average Bonchev–Trinajstić information content (AvgIpc) is 2.69. The summed E-state index contributed by atoms with van der Waals surface area (Å²) in [6.07, 6.45) is 0. The molecule has 0 saturated carbocycles. The number of carbonyl (C=O) groups excluding carboxylic acids is 2. The summed E-state index contributed by atoms with van der Waals surface area (Å²) in [4.78, 5) is 35.5. The van der Waals surface area contributed by atoms with Crippen LogP contribution in [0.4, 0.5) is 11.4 Å². The standard InChI is InChI=1S/C19H21ClN4O6S/c1-13-4-6-14(7-5-13)21-18(25)11-22(2)19(26)12-23(3)31(29,30)15-8-9-16(20)17(10-15)24(27)28/h4-10H,11-12H2,1-3H3,(H,21,25). The van der Waals surface area contributed by atoms with Crippen molar-refractivity contribution >= 4 is 44.8 Å². The van der Waals surface area contributed by atoms with Gasteiger partial charge in [0, 0.05) is 25.8 Å². The molecule has 166 valence electrons. The number of nitro groups is 1. The van der Waals surface area contributed by atoms with Gasteiger partial charge in [-0.1, -0.05) is 29.3 Å². The molecule has 0 heterocycles. The molecule has 2 aromatic rings. The number of benzene rings is 2. The first-order chi connectivity index (χ1) is 14.4. The van der Waals surface area contributed by atoms with Crippen LogP contribution in [-0.4, -0.2) is 61.5 Å². The number of halogens is 1. The molecule has 2 rings (SSSR count). The Kier molecular flexibility index (Phi) is 7.71. The van der Waals surface area contributed by atoms with Crippen LogP contribution in [0.25, 0.3) is 0 Å². The summed E-state index contributed by atoms with van der Waals surface area (Å²) < 4.78 is 26.1. The number of sulfonamides is 1. The molecule has 0 saturated heterocycles. The van der Waals surface area contributed by atoms with Gasteiger partial charge < -0.3 is 10.2 Å². The zero-order chi connectivity index (χ0) is 23.3. The number of likely N-dealkylation sites (N-methyl/N-ethyl adjacent to an activating group) is 2. The first kappa shape index (κ1) is 24.3. The van der Waals surface area contributed by atoms with Gasteiger partial charge in [0.05, 0.1) is 22.9 Å². The fourth-order valence-corrected chi connectivity index (χ4v) is 3.84. The van der Waals surface area contributed by atoms with Crippen LogP contribution in [-0.2, 0) is 19.6 Å². The lowest BCUT2D eigenvalue weighted by atomic mass is 10.2. The van der Waals surface area contributed by atoms with E-state index in [0.717, 1.165) is 40.0 Å². The monoisotopic (exact) mass is 468 g/mol. The molecular weight excluding hydrogens is 448 g/mol. The van der Waals surface area contributed by atoms with Crippen LogP contribution in [0, 0.1) is 17.0 Å². The molecule has 0 atom stereocenters. The molecule has 0 spiro atoms. The summed E-state index contributed by atoms with van der Waals surface area (Å²) in [7, 11) is -1.67. The summed E-state index contributed by atoms with van der Waals surface area (Å²) in [5.41, 5.74) is 1.04.